The molecule has 2 unspecified atom stereocenters. The molecule has 2 aliphatic heterocycles. The fourth-order valence-electron chi connectivity index (χ4n) is 4.67. The second-order valence-electron chi connectivity index (χ2n) is 8.62. The summed E-state index contributed by atoms with van der Waals surface area (Å²) in [6.45, 7) is 3.03. The van der Waals surface area contributed by atoms with Crippen molar-refractivity contribution in [3.63, 3.8) is 0 Å². The number of nitrogens with zero attached hydrogens (tertiary/aromatic N) is 2. The van der Waals surface area contributed by atoms with Crippen LogP contribution in [0.1, 0.15) is 42.9 Å². The molecule has 1 fully saturated rings. The maximum atomic E-state index is 13.5. The Kier molecular flexibility index (Phi) is 7.60. The predicted octanol–water partition coefficient (Wildman–Crippen LogP) is 3.31. The average Bonchev–Trinajstić information content (AvgIpc) is 2.86. The number of hydrogen-bond donors (Lipinski definition) is 1. The predicted molar refractivity (Wildman–Crippen MR) is 127 cm³/mol. The summed E-state index contributed by atoms with van der Waals surface area (Å²) in [5.74, 6) is 0.733. The SMILES string of the molecule is CNS(=O)c1ccc2c(c1)CC[C@@H](C(=O)N(C)C(CN1CCCCC1)c1ccccc1)O2. The van der Waals surface area contributed by atoms with Gasteiger partial charge in [-0.05, 0) is 75.1 Å². The number of ether oxygens (including phenoxy) is 1. The fraction of sp³-hybridized carbons (Fsp3) is 0.480. The summed E-state index contributed by atoms with van der Waals surface area (Å²) in [6, 6.07) is 15.8. The number of likely N-dealkylation sites (tertiary alicyclic amines) is 1. The van der Waals surface area contributed by atoms with Crippen LogP contribution in [0.4, 0.5) is 0 Å². The van der Waals surface area contributed by atoms with E-state index >= 15 is 0 Å². The lowest BCUT2D eigenvalue weighted by Crippen LogP contribution is -2.46. The van der Waals surface area contributed by atoms with Gasteiger partial charge in [-0.25, -0.2) is 8.93 Å². The first-order chi connectivity index (χ1) is 15.6. The van der Waals surface area contributed by atoms with Crippen molar-refractivity contribution in [2.75, 3.05) is 33.7 Å². The van der Waals surface area contributed by atoms with Crippen LogP contribution in [0.15, 0.2) is 53.4 Å². The van der Waals surface area contributed by atoms with Gasteiger partial charge in [0.2, 0.25) is 0 Å². The van der Waals surface area contributed by atoms with E-state index in [1.807, 2.05) is 42.3 Å². The number of aryl methyl sites for hydroxylation is 1. The third kappa shape index (κ3) is 5.22. The number of amides is 1. The Morgan fingerprint density at radius 3 is 2.66 bits per heavy atom. The van der Waals surface area contributed by atoms with Crippen LogP contribution >= 0.6 is 0 Å². The number of fused-ring (bicyclic) bond motifs is 1. The first kappa shape index (κ1) is 23.0. The van der Waals surface area contributed by atoms with Crippen LogP contribution < -0.4 is 9.46 Å². The number of carbonyl (C=O) groups is 1. The van der Waals surface area contributed by atoms with Crippen molar-refractivity contribution in [2.24, 2.45) is 0 Å². The number of rotatable bonds is 7. The number of benzene rings is 2. The molecule has 0 saturated carbocycles. The highest BCUT2D eigenvalue weighted by Gasteiger charge is 2.33. The molecule has 0 radical (unpaired) electrons. The number of likely N-dealkylation sites (N-methyl/N-ethyl adjacent to an activating group) is 1. The molecule has 172 valence electrons. The summed E-state index contributed by atoms with van der Waals surface area (Å²) in [5.41, 5.74) is 2.16. The van der Waals surface area contributed by atoms with Crippen LogP contribution in [0.3, 0.4) is 0 Å². The molecule has 3 atom stereocenters. The molecule has 0 bridgehead atoms. The summed E-state index contributed by atoms with van der Waals surface area (Å²) in [5, 5.41) is 0. The van der Waals surface area contributed by atoms with Crippen LogP contribution in [0.2, 0.25) is 0 Å². The molecule has 0 aliphatic carbocycles. The van der Waals surface area contributed by atoms with E-state index in [0.29, 0.717) is 12.2 Å². The maximum absolute atomic E-state index is 13.5. The van der Waals surface area contributed by atoms with Gasteiger partial charge in [-0.1, -0.05) is 36.8 Å². The Morgan fingerprint density at radius 2 is 1.94 bits per heavy atom. The van der Waals surface area contributed by atoms with Crippen molar-refractivity contribution in [1.29, 1.82) is 0 Å². The number of nitrogens with one attached hydrogen (secondary N) is 1. The second kappa shape index (κ2) is 10.6. The van der Waals surface area contributed by atoms with Gasteiger partial charge >= 0.3 is 0 Å². The molecule has 1 N–H and O–H groups in total. The van der Waals surface area contributed by atoms with Crippen molar-refractivity contribution in [3.05, 3.63) is 59.7 Å². The molecule has 2 aliphatic rings. The van der Waals surface area contributed by atoms with Crippen molar-refractivity contribution < 1.29 is 13.7 Å². The Bertz CT molecular complexity index is 947. The maximum Gasteiger partial charge on any atom is 0.263 e. The topological polar surface area (TPSA) is 61.9 Å². The Morgan fingerprint density at radius 1 is 1.19 bits per heavy atom. The number of hydrogen-bond acceptors (Lipinski definition) is 4. The average molecular weight is 456 g/mol. The molecular weight excluding hydrogens is 422 g/mol. The molecule has 2 heterocycles. The van der Waals surface area contributed by atoms with Crippen molar-refractivity contribution >= 4 is 16.9 Å². The number of carbonyl (C=O) groups excluding carboxylic acids is 1. The summed E-state index contributed by atoms with van der Waals surface area (Å²) >= 11 is 0. The molecular formula is C25H33N3O3S. The lowest BCUT2D eigenvalue weighted by atomic mass is 9.99. The zero-order valence-electron chi connectivity index (χ0n) is 19.0. The lowest BCUT2D eigenvalue weighted by molar-refractivity contribution is -0.141. The monoisotopic (exact) mass is 455 g/mol. The Hall–Kier alpha value is -2.22. The van der Waals surface area contributed by atoms with Crippen LogP contribution in [0, 0.1) is 0 Å². The molecule has 32 heavy (non-hydrogen) atoms. The highest BCUT2D eigenvalue weighted by atomic mass is 32.2. The van der Waals surface area contributed by atoms with Gasteiger partial charge in [0.05, 0.1) is 10.9 Å². The minimum absolute atomic E-state index is 0.00720. The minimum Gasteiger partial charge on any atom is -0.480 e. The third-order valence-electron chi connectivity index (χ3n) is 6.53. The first-order valence-corrected chi connectivity index (χ1v) is 12.6. The van der Waals surface area contributed by atoms with Crippen molar-refractivity contribution in [1.82, 2.24) is 14.5 Å². The summed E-state index contributed by atoms with van der Waals surface area (Å²) < 4.78 is 20.9. The molecule has 1 saturated heterocycles. The highest BCUT2D eigenvalue weighted by Crippen LogP contribution is 2.31. The van der Waals surface area contributed by atoms with Crippen LogP contribution in [0.5, 0.6) is 5.75 Å². The van der Waals surface area contributed by atoms with Gasteiger partial charge in [-0.2, -0.15) is 0 Å². The van der Waals surface area contributed by atoms with Gasteiger partial charge in [0, 0.05) is 13.6 Å². The van der Waals surface area contributed by atoms with E-state index in [0.717, 1.165) is 42.1 Å². The van der Waals surface area contributed by atoms with E-state index in [1.54, 1.807) is 13.1 Å². The van der Waals surface area contributed by atoms with Crippen molar-refractivity contribution in [3.8, 4) is 5.75 Å². The summed E-state index contributed by atoms with van der Waals surface area (Å²) in [6.07, 6.45) is 4.60. The molecule has 0 spiro atoms. The smallest absolute Gasteiger partial charge is 0.263 e. The van der Waals surface area contributed by atoms with Gasteiger partial charge in [0.25, 0.3) is 5.91 Å². The first-order valence-electron chi connectivity index (χ1n) is 11.5. The second-order valence-corrected chi connectivity index (χ2v) is 10.0. The number of piperidine rings is 1. The van der Waals surface area contributed by atoms with Gasteiger partial charge < -0.3 is 14.5 Å². The van der Waals surface area contributed by atoms with E-state index in [2.05, 4.69) is 21.8 Å². The Labute approximate surface area is 193 Å². The summed E-state index contributed by atoms with van der Waals surface area (Å²) in [4.78, 5) is 18.6. The quantitative estimate of drug-likeness (QED) is 0.696. The largest absolute Gasteiger partial charge is 0.480 e. The highest BCUT2D eigenvalue weighted by molar-refractivity contribution is 7.83. The molecule has 0 aromatic heterocycles. The van der Waals surface area contributed by atoms with Crippen molar-refractivity contribution in [2.45, 2.75) is 49.1 Å². The van der Waals surface area contributed by atoms with Crippen LogP contribution in [0.25, 0.3) is 0 Å². The molecule has 2 aromatic rings. The van der Waals surface area contributed by atoms with Gasteiger partial charge in [-0.15, -0.1) is 0 Å². The van der Waals surface area contributed by atoms with Gasteiger partial charge in [-0.3, -0.25) is 4.79 Å². The molecule has 1 amide bonds. The normalized spacial score (nSPS) is 20.6. The molecule has 6 nitrogen and oxygen atoms in total. The van der Waals surface area contributed by atoms with E-state index in [1.165, 1.54) is 19.3 Å². The van der Waals surface area contributed by atoms with E-state index in [-0.39, 0.29) is 11.9 Å². The van der Waals surface area contributed by atoms with Crippen LogP contribution in [-0.4, -0.2) is 59.7 Å². The van der Waals surface area contributed by atoms with E-state index in [4.69, 9.17) is 4.74 Å². The van der Waals surface area contributed by atoms with Gasteiger partial charge in [0.1, 0.15) is 16.7 Å². The van der Waals surface area contributed by atoms with E-state index < -0.39 is 17.1 Å². The summed E-state index contributed by atoms with van der Waals surface area (Å²) in [7, 11) is 2.34. The van der Waals surface area contributed by atoms with Gasteiger partial charge in [0.15, 0.2) is 6.10 Å². The minimum atomic E-state index is -1.23. The molecule has 2 aromatic carbocycles. The fourth-order valence-corrected chi connectivity index (χ4v) is 5.34. The van der Waals surface area contributed by atoms with Crippen LogP contribution in [-0.2, 0) is 22.2 Å². The zero-order valence-corrected chi connectivity index (χ0v) is 19.8. The lowest BCUT2D eigenvalue weighted by Gasteiger charge is -2.37. The zero-order chi connectivity index (χ0) is 22.5. The third-order valence-corrected chi connectivity index (χ3v) is 7.58. The standard InChI is InChI=1S/C25H33N3O3S/c1-26-32(30)21-12-14-23-20(17-21)11-13-24(31-23)25(29)27(2)22(19-9-5-3-6-10-19)18-28-15-7-4-8-16-28/h3,5-6,9-10,12,14,17,22,24,26H,4,7-8,11,13,15-16,18H2,1-2H3/t22?,24-,32?/m0/s1. The Balaban J connectivity index is 1.49. The molecule has 7 heteroatoms. The van der Waals surface area contributed by atoms with E-state index in [9.17, 15) is 9.00 Å². The molecule has 4 rings (SSSR count).